The zero-order valence-electron chi connectivity index (χ0n) is 14.9. The van der Waals surface area contributed by atoms with Crippen molar-refractivity contribution in [2.24, 2.45) is 5.92 Å². The van der Waals surface area contributed by atoms with E-state index < -0.39 is 0 Å². The summed E-state index contributed by atoms with van der Waals surface area (Å²) < 4.78 is 5.40. The Labute approximate surface area is 150 Å². The van der Waals surface area contributed by atoms with Crippen LogP contribution in [0.3, 0.4) is 0 Å². The molecule has 136 valence electrons. The number of anilines is 2. The van der Waals surface area contributed by atoms with Gasteiger partial charge in [-0.25, -0.2) is 0 Å². The van der Waals surface area contributed by atoms with Crippen LogP contribution in [0, 0.1) is 5.92 Å². The fourth-order valence-corrected chi connectivity index (χ4v) is 4.05. The molecule has 2 saturated heterocycles. The van der Waals surface area contributed by atoms with Gasteiger partial charge in [0, 0.05) is 30.6 Å². The van der Waals surface area contributed by atoms with E-state index in [1.54, 1.807) is 0 Å². The molecule has 2 N–H and O–H groups in total. The molecular weight excluding hydrogens is 314 g/mol. The van der Waals surface area contributed by atoms with Crippen LogP contribution >= 0.6 is 0 Å². The van der Waals surface area contributed by atoms with Gasteiger partial charge in [0.15, 0.2) is 0 Å². The van der Waals surface area contributed by atoms with Crippen LogP contribution in [0.2, 0.25) is 0 Å². The van der Waals surface area contributed by atoms with E-state index in [-0.39, 0.29) is 11.9 Å². The molecule has 0 spiro atoms. The van der Waals surface area contributed by atoms with Crippen LogP contribution in [0.25, 0.3) is 0 Å². The molecule has 3 aliphatic rings. The van der Waals surface area contributed by atoms with Gasteiger partial charge in [0.1, 0.15) is 0 Å². The minimum atomic E-state index is 0.0718. The van der Waals surface area contributed by atoms with Crippen molar-refractivity contribution in [3.05, 3.63) is 24.3 Å². The van der Waals surface area contributed by atoms with E-state index in [4.69, 9.17) is 4.74 Å². The Balaban J connectivity index is 1.34. The van der Waals surface area contributed by atoms with Crippen LogP contribution in [0.4, 0.5) is 11.4 Å². The summed E-state index contributed by atoms with van der Waals surface area (Å²) in [7, 11) is 0. The van der Waals surface area contributed by atoms with E-state index in [2.05, 4.69) is 27.7 Å². The van der Waals surface area contributed by atoms with Crippen molar-refractivity contribution in [1.29, 1.82) is 0 Å². The number of carbonyl (C=O) groups excluding carboxylic acids is 1. The molecule has 5 heteroatoms. The van der Waals surface area contributed by atoms with Crippen molar-refractivity contribution >= 4 is 17.3 Å². The van der Waals surface area contributed by atoms with Gasteiger partial charge in [0.25, 0.3) is 0 Å². The Hall–Kier alpha value is -1.59. The summed E-state index contributed by atoms with van der Waals surface area (Å²) in [5.74, 6) is 0.738. The van der Waals surface area contributed by atoms with Crippen LogP contribution in [0.1, 0.15) is 38.5 Å². The maximum Gasteiger partial charge on any atom is 0.242 e. The first-order valence-electron chi connectivity index (χ1n) is 9.79. The molecular formula is C20H29N3O2. The van der Waals surface area contributed by atoms with Gasteiger partial charge in [0.2, 0.25) is 5.91 Å². The van der Waals surface area contributed by atoms with Gasteiger partial charge in [-0.2, -0.15) is 0 Å². The molecule has 1 aliphatic carbocycles. The number of amides is 1. The summed E-state index contributed by atoms with van der Waals surface area (Å²) in [5, 5.41) is 6.70. The van der Waals surface area contributed by atoms with Crippen molar-refractivity contribution in [3.8, 4) is 0 Å². The zero-order valence-corrected chi connectivity index (χ0v) is 14.9. The highest BCUT2D eigenvalue weighted by Crippen LogP contribution is 2.37. The van der Waals surface area contributed by atoms with Gasteiger partial charge in [-0.1, -0.05) is 0 Å². The fourth-order valence-electron chi connectivity index (χ4n) is 4.05. The molecule has 1 atom stereocenters. The number of hydrogen-bond acceptors (Lipinski definition) is 4. The van der Waals surface area contributed by atoms with E-state index in [0.29, 0.717) is 12.0 Å². The van der Waals surface area contributed by atoms with Crippen LogP contribution < -0.4 is 10.6 Å². The predicted molar refractivity (Wildman–Crippen MR) is 99.9 cm³/mol. The molecule has 4 rings (SSSR count). The molecule has 1 aromatic carbocycles. The number of hydrogen-bond donors (Lipinski definition) is 2. The van der Waals surface area contributed by atoms with E-state index >= 15 is 0 Å². The highest BCUT2D eigenvalue weighted by atomic mass is 16.5. The average molecular weight is 343 g/mol. The lowest BCUT2D eigenvalue weighted by Crippen LogP contribution is -2.44. The molecule has 25 heavy (non-hydrogen) atoms. The van der Waals surface area contributed by atoms with E-state index in [0.717, 1.165) is 50.5 Å². The Morgan fingerprint density at radius 2 is 1.64 bits per heavy atom. The van der Waals surface area contributed by atoms with Crippen LogP contribution in [-0.2, 0) is 9.53 Å². The Kier molecular flexibility index (Phi) is 5.22. The van der Waals surface area contributed by atoms with Crippen molar-refractivity contribution in [1.82, 2.24) is 4.90 Å². The molecule has 0 radical (unpaired) electrons. The number of benzene rings is 1. The molecule has 3 fully saturated rings. The first-order chi connectivity index (χ1) is 12.3. The second-order valence-corrected chi connectivity index (χ2v) is 7.62. The lowest BCUT2D eigenvalue weighted by molar-refractivity contribution is -0.121. The molecule has 0 bridgehead atoms. The number of rotatable bonds is 6. The third-order valence-corrected chi connectivity index (χ3v) is 5.62. The second kappa shape index (κ2) is 7.75. The Morgan fingerprint density at radius 3 is 2.28 bits per heavy atom. The molecule has 5 nitrogen and oxygen atoms in total. The monoisotopic (exact) mass is 343 g/mol. The van der Waals surface area contributed by atoms with Gasteiger partial charge in [0.05, 0.1) is 6.04 Å². The van der Waals surface area contributed by atoms with Gasteiger partial charge in [-0.3, -0.25) is 9.69 Å². The second-order valence-electron chi connectivity index (χ2n) is 7.62. The standard InChI is InChI=1S/C20H29N3O2/c24-20(19(15-3-4-15)23-11-1-2-12-23)22-17-7-5-16(6-8-17)21-18-9-13-25-14-10-18/h5-8,15,18-19,21H,1-4,9-14H2,(H,22,24). The van der Waals surface area contributed by atoms with Gasteiger partial charge >= 0.3 is 0 Å². The highest BCUT2D eigenvalue weighted by molar-refractivity contribution is 5.95. The van der Waals surface area contributed by atoms with Gasteiger partial charge < -0.3 is 15.4 Å². The highest BCUT2D eigenvalue weighted by Gasteiger charge is 2.40. The maximum absolute atomic E-state index is 12.8. The van der Waals surface area contributed by atoms with E-state index in [9.17, 15) is 4.79 Å². The Bertz CT molecular complexity index is 573. The summed E-state index contributed by atoms with van der Waals surface area (Å²) in [6.07, 6.45) is 6.95. The quantitative estimate of drug-likeness (QED) is 0.833. The first kappa shape index (κ1) is 16.9. The summed E-state index contributed by atoms with van der Waals surface area (Å²) in [4.78, 5) is 15.2. The zero-order chi connectivity index (χ0) is 17.1. The van der Waals surface area contributed by atoms with E-state index in [1.807, 2.05) is 12.1 Å². The number of carbonyl (C=O) groups is 1. The van der Waals surface area contributed by atoms with E-state index in [1.165, 1.54) is 25.7 Å². The largest absolute Gasteiger partial charge is 0.382 e. The van der Waals surface area contributed by atoms with Crippen molar-refractivity contribution < 1.29 is 9.53 Å². The number of likely N-dealkylation sites (tertiary alicyclic amines) is 1. The number of nitrogens with zero attached hydrogens (tertiary/aromatic N) is 1. The molecule has 1 unspecified atom stereocenters. The maximum atomic E-state index is 12.8. The lowest BCUT2D eigenvalue weighted by atomic mass is 10.1. The summed E-state index contributed by atoms with van der Waals surface area (Å²) in [6, 6.07) is 8.70. The van der Waals surface area contributed by atoms with Crippen molar-refractivity contribution in [2.45, 2.75) is 50.6 Å². The van der Waals surface area contributed by atoms with Gasteiger partial charge in [-0.05, 0) is 81.8 Å². The van der Waals surface area contributed by atoms with Crippen LogP contribution in [0.5, 0.6) is 0 Å². The number of nitrogens with one attached hydrogen (secondary N) is 2. The van der Waals surface area contributed by atoms with Gasteiger partial charge in [-0.15, -0.1) is 0 Å². The average Bonchev–Trinajstić information content (AvgIpc) is 3.31. The fraction of sp³-hybridized carbons (Fsp3) is 0.650. The first-order valence-corrected chi connectivity index (χ1v) is 9.79. The van der Waals surface area contributed by atoms with Crippen molar-refractivity contribution in [3.63, 3.8) is 0 Å². The van der Waals surface area contributed by atoms with Crippen LogP contribution in [0.15, 0.2) is 24.3 Å². The van der Waals surface area contributed by atoms with Crippen molar-refractivity contribution in [2.75, 3.05) is 36.9 Å². The van der Waals surface area contributed by atoms with Crippen LogP contribution in [-0.4, -0.2) is 49.2 Å². The number of ether oxygens (including phenoxy) is 1. The third kappa shape index (κ3) is 4.33. The minimum Gasteiger partial charge on any atom is -0.382 e. The minimum absolute atomic E-state index is 0.0718. The topological polar surface area (TPSA) is 53.6 Å². The Morgan fingerprint density at radius 1 is 1.00 bits per heavy atom. The molecule has 1 aromatic rings. The molecule has 1 amide bonds. The lowest BCUT2D eigenvalue weighted by Gasteiger charge is -2.26. The molecule has 2 aliphatic heterocycles. The molecule has 0 aromatic heterocycles. The summed E-state index contributed by atoms with van der Waals surface area (Å²) in [5.41, 5.74) is 2.01. The summed E-state index contributed by atoms with van der Waals surface area (Å²) >= 11 is 0. The summed E-state index contributed by atoms with van der Waals surface area (Å²) in [6.45, 7) is 3.82. The normalized spacial score (nSPS) is 23.4. The third-order valence-electron chi connectivity index (χ3n) is 5.62. The smallest absolute Gasteiger partial charge is 0.242 e. The molecule has 2 heterocycles. The molecule has 1 saturated carbocycles. The SMILES string of the molecule is O=C(Nc1ccc(NC2CCOCC2)cc1)C(C1CC1)N1CCCC1. The predicted octanol–water partition coefficient (Wildman–Crippen LogP) is 3.09.